The molecule has 1 aliphatic heterocycles. The Morgan fingerprint density at radius 3 is 2.50 bits per heavy atom. The molecule has 3 rings (SSSR count). The summed E-state index contributed by atoms with van der Waals surface area (Å²) in [5.41, 5.74) is 2.29. The fraction of sp³-hybridized carbons (Fsp3) is 0.524. The molecule has 0 saturated carbocycles. The number of benzene rings is 1. The zero-order valence-corrected chi connectivity index (χ0v) is 21.5. The van der Waals surface area contributed by atoms with Gasteiger partial charge < -0.3 is 20.1 Å². The lowest BCUT2D eigenvalue weighted by molar-refractivity contribution is 0.321. The smallest absolute Gasteiger partial charge is 0.191 e. The summed E-state index contributed by atoms with van der Waals surface area (Å²) < 4.78 is 10.8. The number of thiazole rings is 1. The minimum atomic E-state index is 0. The van der Waals surface area contributed by atoms with Crippen LogP contribution in [-0.2, 0) is 13.1 Å². The number of rotatable bonds is 7. The Hall–Kier alpha value is -1.59. The molecule has 0 aliphatic carbocycles. The number of nitrogens with one attached hydrogen (secondary N) is 2. The maximum Gasteiger partial charge on any atom is 0.191 e. The highest BCUT2D eigenvalue weighted by atomic mass is 127. The Bertz CT molecular complexity index is 836. The van der Waals surface area contributed by atoms with E-state index in [0.717, 1.165) is 60.8 Å². The number of aromatic nitrogens is 1. The number of nitrogens with zero attached hydrogens (tertiary/aromatic N) is 3. The Morgan fingerprint density at radius 1 is 1.23 bits per heavy atom. The van der Waals surface area contributed by atoms with E-state index in [2.05, 4.69) is 44.6 Å². The summed E-state index contributed by atoms with van der Waals surface area (Å²) in [7, 11) is 5.18. The van der Waals surface area contributed by atoms with Crippen LogP contribution in [-0.4, -0.2) is 56.2 Å². The van der Waals surface area contributed by atoms with Gasteiger partial charge in [-0.05, 0) is 38.0 Å². The van der Waals surface area contributed by atoms with E-state index in [1.165, 1.54) is 10.4 Å². The Balaban J connectivity index is 0.00000320. The Kier molecular flexibility index (Phi) is 9.63. The lowest BCUT2D eigenvalue weighted by Crippen LogP contribution is -2.44. The standard InChI is InChI=1S/C21H31N5O2S.HI/c1-14-20(29-15(2)24-14)11-23-21(22-3)25-17-6-7-26(13-17)12-16-8-18(27-4)10-19(9-16)28-5;/h8-10,17H,6-7,11-13H2,1-5H3,(H2,22,23,25);1H. The molecule has 0 amide bonds. The zero-order valence-electron chi connectivity index (χ0n) is 18.3. The zero-order chi connectivity index (χ0) is 20.8. The molecule has 1 aliphatic rings. The van der Waals surface area contributed by atoms with Gasteiger partial charge >= 0.3 is 0 Å². The predicted molar refractivity (Wildman–Crippen MR) is 134 cm³/mol. The lowest BCUT2D eigenvalue weighted by Gasteiger charge is -2.19. The first-order valence-electron chi connectivity index (χ1n) is 9.85. The van der Waals surface area contributed by atoms with E-state index in [9.17, 15) is 0 Å². The highest BCUT2D eigenvalue weighted by Crippen LogP contribution is 2.24. The molecule has 0 radical (unpaired) electrons. The second-order valence-corrected chi connectivity index (χ2v) is 8.54. The van der Waals surface area contributed by atoms with Crippen molar-refractivity contribution < 1.29 is 9.47 Å². The third-order valence-corrected chi connectivity index (χ3v) is 6.14. The minimum Gasteiger partial charge on any atom is -0.497 e. The molecule has 2 N–H and O–H groups in total. The van der Waals surface area contributed by atoms with Crippen molar-refractivity contribution in [2.24, 2.45) is 4.99 Å². The topological polar surface area (TPSA) is 71.0 Å². The van der Waals surface area contributed by atoms with Crippen LogP contribution in [0.1, 0.15) is 27.6 Å². The third-order valence-electron chi connectivity index (χ3n) is 5.07. The molecule has 7 nitrogen and oxygen atoms in total. The number of methoxy groups -OCH3 is 2. The van der Waals surface area contributed by atoms with Crippen LogP contribution in [0.3, 0.4) is 0 Å². The van der Waals surface area contributed by atoms with E-state index >= 15 is 0 Å². The number of hydrogen-bond donors (Lipinski definition) is 2. The van der Waals surface area contributed by atoms with Crippen molar-refractivity contribution in [3.8, 4) is 11.5 Å². The highest BCUT2D eigenvalue weighted by molar-refractivity contribution is 14.0. The van der Waals surface area contributed by atoms with E-state index in [4.69, 9.17) is 9.47 Å². The molecule has 1 unspecified atom stereocenters. The number of hydrogen-bond acceptors (Lipinski definition) is 6. The summed E-state index contributed by atoms with van der Waals surface area (Å²) in [5.74, 6) is 2.49. The molecule has 0 bridgehead atoms. The van der Waals surface area contributed by atoms with Crippen molar-refractivity contribution in [3.63, 3.8) is 0 Å². The second-order valence-electron chi connectivity index (χ2n) is 7.25. The van der Waals surface area contributed by atoms with Crippen LogP contribution >= 0.6 is 35.3 Å². The largest absolute Gasteiger partial charge is 0.497 e. The summed E-state index contributed by atoms with van der Waals surface area (Å²) in [6.45, 7) is 7.73. The van der Waals surface area contributed by atoms with Crippen molar-refractivity contribution in [3.05, 3.63) is 39.3 Å². The normalized spacial score (nSPS) is 16.8. The van der Waals surface area contributed by atoms with Crippen LogP contribution < -0.4 is 20.1 Å². The molecule has 2 aromatic rings. The first-order valence-corrected chi connectivity index (χ1v) is 10.7. The van der Waals surface area contributed by atoms with E-state index in [1.807, 2.05) is 20.0 Å². The van der Waals surface area contributed by atoms with E-state index in [1.54, 1.807) is 25.6 Å². The fourth-order valence-corrected chi connectivity index (χ4v) is 4.48. The molecule has 30 heavy (non-hydrogen) atoms. The Morgan fingerprint density at radius 2 is 1.93 bits per heavy atom. The minimum absolute atomic E-state index is 0. The number of likely N-dealkylation sites (tertiary alicyclic amines) is 1. The molecule has 1 fully saturated rings. The monoisotopic (exact) mass is 545 g/mol. The summed E-state index contributed by atoms with van der Waals surface area (Å²) in [6.07, 6.45) is 1.08. The van der Waals surface area contributed by atoms with Crippen molar-refractivity contribution in [2.45, 2.75) is 39.4 Å². The van der Waals surface area contributed by atoms with Gasteiger partial charge in [-0.3, -0.25) is 9.89 Å². The van der Waals surface area contributed by atoms with Crippen LogP contribution in [0.5, 0.6) is 11.5 Å². The van der Waals surface area contributed by atoms with Gasteiger partial charge in [-0.1, -0.05) is 0 Å². The molecule has 1 aromatic carbocycles. The fourth-order valence-electron chi connectivity index (χ4n) is 3.60. The molecule has 1 saturated heterocycles. The summed E-state index contributed by atoms with van der Waals surface area (Å²) in [5, 5.41) is 8.07. The van der Waals surface area contributed by atoms with Crippen LogP contribution in [0.15, 0.2) is 23.2 Å². The molecule has 0 spiro atoms. The molecule has 1 atom stereocenters. The number of guanidine groups is 1. The number of aliphatic imine (C=N–C) groups is 1. The van der Waals surface area contributed by atoms with Crippen molar-refractivity contribution in [2.75, 3.05) is 34.4 Å². The highest BCUT2D eigenvalue weighted by Gasteiger charge is 2.23. The summed E-state index contributed by atoms with van der Waals surface area (Å²) in [4.78, 5) is 12.6. The van der Waals surface area contributed by atoms with Crippen LogP contribution in [0.2, 0.25) is 0 Å². The van der Waals surface area contributed by atoms with E-state index < -0.39 is 0 Å². The van der Waals surface area contributed by atoms with Gasteiger partial charge in [-0.15, -0.1) is 35.3 Å². The third kappa shape index (κ3) is 6.71. The van der Waals surface area contributed by atoms with Gasteiger partial charge in [0.1, 0.15) is 11.5 Å². The summed E-state index contributed by atoms with van der Waals surface area (Å²) >= 11 is 1.73. The summed E-state index contributed by atoms with van der Waals surface area (Å²) in [6, 6.07) is 6.42. The van der Waals surface area contributed by atoms with Gasteiger partial charge in [0, 0.05) is 43.7 Å². The maximum absolute atomic E-state index is 5.38. The molecule has 166 valence electrons. The van der Waals surface area contributed by atoms with Gasteiger partial charge in [0.2, 0.25) is 0 Å². The van der Waals surface area contributed by atoms with Crippen molar-refractivity contribution >= 4 is 41.3 Å². The van der Waals surface area contributed by atoms with Crippen molar-refractivity contribution in [1.29, 1.82) is 0 Å². The SMILES string of the molecule is CN=C(NCc1sc(C)nc1C)NC1CCN(Cc2cc(OC)cc(OC)c2)C1.I. The van der Waals surface area contributed by atoms with Gasteiger partial charge in [0.05, 0.1) is 31.5 Å². The Labute approximate surface area is 200 Å². The number of halogens is 1. The second kappa shape index (κ2) is 11.7. The first-order chi connectivity index (χ1) is 14.0. The average Bonchev–Trinajstić information content (AvgIpc) is 3.29. The number of aryl methyl sites for hydroxylation is 2. The van der Waals surface area contributed by atoms with Gasteiger partial charge in [0.15, 0.2) is 5.96 Å². The van der Waals surface area contributed by atoms with Crippen LogP contribution in [0.25, 0.3) is 0 Å². The van der Waals surface area contributed by atoms with Crippen molar-refractivity contribution in [1.82, 2.24) is 20.5 Å². The van der Waals surface area contributed by atoms with Crippen LogP contribution in [0, 0.1) is 13.8 Å². The lowest BCUT2D eigenvalue weighted by atomic mass is 10.2. The van der Waals surface area contributed by atoms with E-state index in [-0.39, 0.29) is 24.0 Å². The quantitative estimate of drug-likeness (QED) is 0.316. The molecular weight excluding hydrogens is 513 g/mol. The van der Waals surface area contributed by atoms with Crippen LogP contribution in [0.4, 0.5) is 0 Å². The molecular formula is C21H32IN5O2S. The average molecular weight is 545 g/mol. The number of ether oxygens (including phenoxy) is 2. The van der Waals surface area contributed by atoms with Gasteiger partial charge in [-0.2, -0.15) is 0 Å². The molecule has 1 aromatic heterocycles. The predicted octanol–water partition coefficient (Wildman–Crippen LogP) is 3.33. The van der Waals surface area contributed by atoms with E-state index in [0.29, 0.717) is 6.04 Å². The van der Waals surface area contributed by atoms with Gasteiger partial charge in [-0.25, -0.2) is 4.98 Å². The molecule has 9 heteroatoms. The maximum atomic E-state index is 5.38. The molecule has 2 heterocycles. The first kappa shape index (κ1) is 24.7. The van der Waals surface area contributed by atoms with Gasteiger partial charge in [0.25, 0.3) is 0 Å².